The standard InChI is InChI=1S/C18H24N2O2S2.C16H17F3N2OS/c1-3-16-18(14-8-10-19-11-9-14)23-17(20-16)12-13-4-6-15(7-5-13)24(2,21)22;17-16(18,19)22-13-3-1-11(2-4-13)9-15-21-10-14(23-15)12-5-7-20-8-6-12/h4-7,14,19H,3,8-12H2,1-2H3;1-4,10,12,20H,5-9H2. The Morgan fingerprint density at radius 2 is 1.38 bits per heavy atom. The zero-order valence-corrected chi connectivity index (χ0v) is 29.1. The molecule has 2 aliphatic heterocycles. The fourth-order valence-corrected chi connectivity index (χ4v) is 8.97. The number of nitrogens with zero attached hydrogens (tertiary/aromatic N) is 2. The van der Waals surface area contributed by atoms with Gasteiger partial charge in [-0.3, -0.25) is 0 Å². The number of ether oxygens (including phenoxy) is 1. The number of benzene rings is 2. The molecule has 2 saturated heterocycles. The fourth-order valence-electron chi connectivity index (χ4n) is 5.86. The maximum Gasteiger partial charge on any atom is 0.573 e. The van der Waals surface area contributed by atoms with Crippen molar-refractivity contribution >= 4 is 32.5 Å². The van der Waals surface area contributed by atoms with Gasteiger partial charge in [-0.2, -0.15) is 0 Å². The molecule has 2 aromatic carbocycles. The lowest BCUT2D eigenvalue weighted by Gasteiger charge is -2.22. The first kappa shape index (κ1) is 35.5. The maximum absolute atomic E-state index is 12.1. The van der Waals surface area contributed by atoms with E-state index >= 15 is 0 Å². The molecule has 4 aromatic rings. The molecular formula is C34H41F3N4O3S3. The molecule has 2 fully saturated rings. The zero-order valence-electron chi connectivity index (χ0n) is 26.6. The lowest BCUT2D eigenvalue weighted by molar-refractivity contribution is -0.274. The second-order valence-electron chi connectivity index (χ2n) is 11.9. The smallest absolute Gasteiger partial charge is 0.406 e. The Hall–Kier alpha value is -2.84. The molecule has 0 unspecified atom stereocenters. The minimum Gasteiger partial charge on any atom is -0.406 e. The van der Waals surface area contributed by atoms with E-state index in [-0.39, 0.29) is 5.75 Å². The average Bonchev–Trinajstić information content (AvgIpc) is 3.69. The van der Waals surface area contributed by atoms with Crippen molar-refractivity contribution in [1.82, 2.24) is 20.6 Å². The summed E-state index contributed by atoms with van der Waals surface area (Å²) in [4.78, 5) is 12.4. The highest BCUT2D eigenvalue weighted by Gasteiger charge is 2.31. The molecule has 0 spiro atoms. The second kappa shape index (κ2) is 16.0. The number of aromatic nitrogens is 2. The van der Waals surface area contributed by atoms with Gasteiger partial charge < -0.3 is 15.4 Å². The van der Waals surface area contributed by atoms with Gasteiger partial charge in [0.2, 0.25) is 0 Å². The fraction of sp³-hybridized carbons (Fsp3) is 0.471. The number of rotatable bonds is 9. The van der Waals surface area contributed by atoms with Crippen LogP contribution >= 0.6 is 22.7 Å². The van der Waals surface area contributed by atoms with Gasteiger partial charge in [0.1, 0.15) is 5.75 Å². The number of hydrogen-bond donors (Lipinski definition) is 2. The van der Waals surface area contributed by atoms with Crippen LogP contribution in [0, 0.1) is 0 Å². The van der Waals surface area contributed by atoms with Crippen molar-refractivity contribution < 1.29 is 26.3 Å². The van der Waals surface area contributed by atoms with Crippen LogP contribution in [0.1, 0.15) is 81.0 Å². The summed E-state index contributed by atoms with van der Waals surface area (Å²) in [6.07, 6.45) is 5.54. The molecule has 6 rings (SSSR count). The number of sulfone groups is 1. The number of aryl methyl sites for hydroxylation is 1. The van der Waals surface area contributed by atoms with Gasteiger partial charge in [0.25, 0.3) is 0 Å². The van der Waals surface area contributed by atoms with Crippen molar-refractivity contribution in [3.8, 4) is 5.75 Å². The number of nitrogens with one attached hydrogen (secondary N) is 2. The van der Waals surface area contributed by atoms with Crippen molar-refractivity contribution in [1.29, 1.82) is 0 Å². The molecule has 0 saturated carbocycles. The number of hydrogen-bond acceptors (Lipinski definition) is 9. The molecule has 2 aromatic heterocycles. The van der Waals surface area contributed by atoms with Crippen LogP contribution in [0.15, 0.2) is 59.6 Å². The highest BCUT2D eigenvalue weighted by Crippen LogP contribution is 2.34. The molecule has 13 heteroatoms. The SMILES string of the molecule is CCc1nc(Cc2ccc(S(C)(=O)=O)cc2)sc1C1CCNCC1.FC(F)(F)Oc1ccc(Cc2ncc(C3CCNCC3)s2)cc1. The summed E-state index contributed by atoms with van der Waals surface area (Å²) in [5.41, 5.74) is 3.27. The minimum atomic E-state index is -4.65. The lowest BCUT2D eigenvalue weighted by Crippen LogP contribution is -2.26. The Bertz CT molecular complexity index is 1680. The van der Waals surface area contributed by atoms with Crippen molar-refractivity contribution in [2.45, 2.75) is 75.0 Å². The van der Waals surface area contributed by atoms with Crippen LogP contribution in [0.5, 0.6) is 5.75 Å². The van der Waals surface area contributed by atoms with Gasteiger partial charge in [-0.15, -0.1) is 35.8 Å². The van der Waals surface area contributed by atoms with Gasteiger partial charge in [0.15, 0.2) is 9.84 Å². The van der Waals surface area contributed by atoms with Crippen molar-refractivity contribution in [3.63, 3.8) is 0 Å². The van der Waals surface area contributed by atoms with Gasteiger partial charge >= 0.3 is 6.36 Å². The molecule has 0 bridgehead atoms. The van der Waals surface area contributed by atoms with Crippen LogP contribution < -0.4 is 15.4 Å². The third-order valence-corrected chi connectivity index (χ3v) is 11.9. The van der Waals surface area contributed by atoms with E-state index in [4.69, 9.17) is 4.98 Å². The van der Waals surface area contributed by atoms with Crippen LogP contribution in [0.2, 0.25) is 0 Å². The third-order valence-electron chi connectivity index (χ3n) is 8.35. The van der Waals surface area contributed by atoms with E-state index < -0.39 is 16.2 Å². The highest BCUT2D eigenvalue weighted by molar-refractivity contribution is 7.90. The molecule has 254 valence electrons. The normalized spacial score (nSPS) is 16.4. The van der Waals surface area contributed by atoms with E-state index in [1.54, 1.807) is 35.6 Å². The average molecular weight is 707 g/mol. The number of piperidine rings is 2. The van der Waals surface area contributed by atoms with Gasteiger partial charge in [0, 0.05) is 35.0 Å². The summed E-state index contributed by atoms with van der Waals surface area (Å²) in [6, 6.07) is 13.1. The van der Waals surface area contributed by atoms with E-state index in [2.05, 4.69) is 27.3 Å². The Balaban J connectivity index is 0.000000185. The minimum absolute atomic E-state index is 0.198. The second-order valence-corrected chi connectivity index (χ2v) is 16.2. The van der Waals surface area contributed by atoms with E-state index in [9.17, 15) is 21.6 Å². The van der Waals surface area contributed by atoms with Gasteiger partial charge in [0.05, 0.1) is 20.6 Å². The predicted octanol–water partition coefficient (Wildman–Crippen LogP) is 7.27. The Morgan fingerprint density at radius 3 is 1.94 bits per heavy atom. The first-order chi connectivity index (χ1) is 22.5. The molecule has 4 heterocycles. The van der Waals surface area contributed by atoms with Crippen LogP contribution in [0.4, 0.5) is 13.2 Å². The van der Waals surface area contributed by atoms with Crippen LogP contribution in [0.3, 0.4) is 0 Å². The molecule has 0 aliphatic carbocycles. The lowest BCUT2D eigenvalue weighted by atomic mass is 9.95. The van der Waals surface area contributed by atoms with Crippen LogP contribution in [0.25, 0.3) is 0 Å². The zero-order chi connectivity index (χ0) is 33.4. The summed E-state index contributed by atoms with van der Waals surface area (Å²) < 4.78 is 63.4. The molecule has 2 N–H and O–H groups in total. The first-order valence-corrected chi connectivity index (χ1v) is 19.5. The summed E-state index contributed by atoms with van der Waals surface area (Å²) in [5, 5.41) is 8.89. The van der Waals surface area contributed by atoms with Gasteiger partial charge in [-0.25, -0.2) is 18.4 Å². The predicted molar refractivity (Wildman–Crippen MR) is 182 cm³/mol. The van der Waals surface area contributed by atoms with Crippen LogP contribution in [-0.2, 0) is 29.1 Å². The van der Waals surface area contributed by atoms with Crippen molar-refractivity contribution in [2.75, 3.05) is 32.4 Å². The number of halogens is 3. The Morgan fingerprint density at radius 1 is 0.830 bits per heavy atom. The molecular weight excluding hydrogens is 666 g/mol. The number of alkyl halides is 3. The van der Waals surface area contributed by atoms with Gasteiger partial charge in [-0.1, -0.05) is 31.2 Å². The van der Waals surface area contributed by atoms with E-state index in [1.807, 2.05) is 29.7 Å². The molecule has 0 amide bonds. The van der Waals surface area contributed by atoms with Gasteiger partial charge in [-0.05, 0) is 106 Å². The monoisotopic (exact) mass is 706 g/mol. The maximum atomic E-state index is 12.1. The largest absolute Gasteiger partial charge is 0.573 e. The topological polar surface area (TPSA) is 93.2 Å². The highest BCUT2D eigenvalue weighted by atomic mass is 32.2. The summed E-state index contributed by atoms with van der Waals surface area (Å²) >= 11 is 3.54. The van der Waals surface area contributed by atoms with Crippen LogP contribution in [-0.4, -0.2) is 57.2 Å². The first-order valence-electron chi connectivity index (χ1n) is 15.9. The quantitative estimate of drug-likeness (QED) is 0.189. The molecule has 47 heavy (non-hydrogen) atoms. The molecule has 0 radical (unpaired) electrons. The molecule has 7 nitrogen and oxygen atoms in total. The third kappa shape index (κ3) is 10.6. The molecule has 2 aliphatic rings. The Kier molecular flexibility index (Phi) is 12.1. The Labute approximate surface area is 282 Å². The summed E-state index contributed by atoms with van der Waals surface area (Å²) in [5.74, 6) is 1.01. The molecule has 0 atom stereocenters. The van der Waals surface area contributed by atoms with Crippen molar-refractivity contribution in [3.05, 3.63) is 91.3 Å². The number of thiazole rings is 2. The summed E-state index contributed by atoms with van der Waals surface area (Å²) in [7, 11) is -3.13. The van der Waals surface area contributed by atoms with Crippen molar-refractivity contribution in [2.24, 2.45) is 0 Å². The van der Waals surface area contributed by atoms with E-state index in [1.165, 1.54) is 46.7 Å². The van der Waals surface area contributed by atoms with E-state index in [0.717, 1.165) is 73.0 Å². The van der Waals surface area contributed by atoms with E-state index in [0.29, 0.717) is 23.2 Å². The summed E-state index contributed by atoms with van der Waals surface area (Å²) in [6.45, 7) is 6.43.